The van der Waals surface area contributed by atoms with E-state index in [1.807, 2.05) is 18.7 Å². The van der Waals surface area contributed by atoms with Crippen molar-refractivity contribution < 1.29 is 14.7 Å². The number of hydrogen-bond donors (Lipinski definition) is 4. The number of guanidine groups is 1. The molecule has 1 saturated heterocycles. The molecule has 0 aromatic heterocycles. The van der Waals surface area contributed by atoms with Crippen molar-refractivity contribution in [3.8, 4) is 5.75 Å². The maximum Gasteiger partial charge on any atom is 0.251 e. The van der Waals surface area contributed by atoms with E-state index in [0.717, 1.165) is 19.5 Å². The fourth-order valence-corrected chi connectivity index (χ4v) is 2.89. The lowest BCUT2D eigenvalue weighted by Crippen LogP contribution is -2.45. The maximum absolute atomic E-state index is 12.0. The van der Waals surface area contributed by atoms with E-state index in [0.29, 0.717) is 37.6 Å². The fourth-order valence-electron chi connectivity index (χ4n) is 2.89. The number of rotatable bonds is 7. The summed E-state index contributed by atoms with van der Waals surface area (Å²) in [5, 5.41) is 18.6. The molecule has 0 aliphatic carbocycles. The number of phenolic OH excluding ortho intramolecular Hbond substituents is 1. The van der Waals surface area contributed by atoms with Crippen molar-refractivity contribution in [2.75, 3.05) is 32.7 Å². The highest BCUT2D eigenvalue weighted by Gasteiger charge is 2.25. The minimum Gasteiger partial charge on any atom is -0.508 e. The van der Waals surface area contributed by atoms with Crippen LogP contribution in [0.4, 0.5) is 0 Å². The average Bonchev–Trinajstić information content (AvgIpc) is 3.13. The zero-order valence-electron chi connectivity index (χ0n) is 16.4. The van der Waals surface area contributed by atoms with Crippen molar-refractivity contribution in [2.24, 2.45) is 4.99 Å². The Bertz CT molecular complexity index is 666. The molecule has 1 aromatic carbocycles. The molecule has 0 radical (unpaired) electrons. The second-order valence-electron chi connectivity index (χ2n) is 6.39. The lowest BCUT2D eigenvalue weighted by atomic mass is 10.2. The van der Waals surface area contributed by atoms with E-state index in [9.17, 15) is 14.7 Å². The van der Waals surface area contributed by atoms with Gasteiger partial charge in [0, 0.05) is 44.2 Å². The monoisotopic (exact) mass is 503 g/mol. The minimum atomic E-state index is -0.201. The minimum absolute atomic E-state index is 0. The molecule has 28 heavy (non-hydrogen) atoms. The second kappa shape index (κ2) is 12.4. The molecule has 8 nitrogen and oxygen atoms in total. The molecular formula is C19H30IN5O3. The molecule has 1 aromatic rings. The van der Waals surface area contributed by atoms with Gasteiger partial charge in [-0.15, -0.1) is 24.0 Å². The van der Waals surface area contributed by atoms with Crippen LogP contribution in [-0.4, -0.2) is 66.5 Å². The Hall–Kier alpha value is -2.04. The number of carbonyl (C=O) groups is 2. The Labute approximate surface area is 183 Å². The van der Waals surface area contributed by atoms with Gasteiger partial charge in [-0.05, 0) is 37.6 Å². The zero-order chi connectivity index (χ0) is 19.6. The van der Waals surface area contributed by atoms with Gasteiger partial charge >= 0.3 is 0 Å². The Balaban J connectivity index is 0.00000392. The summed E-state index contributed by atoms with van der Waals surface area (Å²) >= 11 is 0. The van der Waals surface area contributed by atoms with Crippen LogP contribution in [0.15, 0.2) is 29.3 Å². The summed E-state index contributed by atoms with van der Waals surface area (Å²) in [6, 6.07) is 6.29. The molecule has 156 valence electrons. The van der Waals surface area contributed by atoms with Gasteiger partial charge in [0.05, 0.1) is 6.54 Å². The van der Waals surface area contributed by atoms with Gasteiger partial charge in [0.15, 0.2) is 5.96 Å². The van der Waals surface area contributed by atoms with Gasteiger partial charge < -0.3 is 26.0 Å². The number of aromatic hydroxyl groups is 1. The molecule has 2 amide bonds. The van der Waals surface area contributed by atoms with Crippen molar-refractivity contribution in [1.82, 2.24) is 20.9 Å². The van der Waals surface area contributed by atoms with Crippen LogP contribution >= 0.6 is 24.0 Å². The molecule has 9 heteroatoms. The van der Waals surface area contributed by atoms with Gasteiger partial charge in [0.25, 0.3) is 5.91 Å². The number of hydrogen-bond acceptors (Lipinski definition) is 4. The van der Waals surface area contributed by atoms with E-state index in [4.69, 9.17) is 0 Å². The third-order valence-corrected chi connectivity index (χ3v) is 4.33. The molecule has 1 aliphatic heterocycles. The molecule has 0 saturated carbocycles. The van der Waals surface area contributed by atoms with Gasteiger partial charge in [-0.1, -0.05) is 6.92 Å². The molecule has 1 heterocycles. The first-order valence-corrected chi connectivity index (χ1v) is 9.43. The largest absolute Gasteiger partial charge is 0.508 e. The number of phenols is 1. The summed E-state index contributed by atoms with van der Waals surface area (Å²) in [4.78, 5) is 30.2. The fraction of sp³-hybridized carbons (Fsp3) is 0.526. The van der Waals surface area contributed by atoms with E-state index >= 15 is 0 Å². The smallest absolute Gasteiger partial charge is 0.251 e. The Kier molecular flexibility index (Phi) is 10.6. The van der Waals surface area contributed by atoms with E-state index in [-0.39, 0.29) is 47.6 Å². The molecule has 1 atom stereocenters. The summed E-state index contributed by atoms with van der Waals surface area (Å²) in [6.45, 7) is 6.90. The number of amides is 2. The van der Waals surface area contributed by atoms with Crippen LogP contribution in [0.3, 0.4) is 0 Å². The first kappa shape index (κ1) is 24.0. The number of benzene rings is 1. The lowest BCUT2D eigenvalue weighted by Gasteiger charge is -2.18. The van der Waals surface area contributed by atoms with Gasteiger partial charge in [0.1, 0.15) is 5.75 Å². The predicted octanol–water partition coefficient (Wildman–Crippen LogP) is 1.31. The molecule has 0 spiro atoms. The van der Waals surface area contributed by atoms with Crippen molar-refractivity contribution in [2.45, 2.75) is 32.7 Å². The van der Waals surface area contributed by atoms with Crippen LogP contribution in [0.5, 0.6) is 5.75 Å². The summed E-state index contributed by atoms with van der Waals surface area (Å²) in [5.41, 5.74) is 0.494. The number of likely N-dealkylation sites (tertiary alicyclic amines) is 1. The van der Waals surface area contributed by atoms with Crippen molar-refractivity contribution in [3.63, 3.8) is 0 Å². The second-order valence-corrected chi connectivity index (χ2v) is 6.39. The van der Waals surface area contributed by atoms with Crippen molar-refractivity contribution in [1.29, 1.82) is 0 Å². The molecular weight excluding hydrogens is 473 g/mol. The van der Waals surface area contributed by atoms with Crippen LogP contribution < -0.4 is 16.0 Å². The summed E-state index contributed by atoms with van der Waals surface area (Å²) in [7, 11) is 0. The van der Waals surface area contributed by atoms with Gasteiger partial charge in [0.2, 0.25) is 5.91 Å². The molecule has 0 bridgehead atoms. The van der Waals surface area contributed by atoms with E-state index in [1.54, 1.807) is 12.1 Å². The van der Waals surface area contributed by atoms with Crippen LogP contribution in [0.25, 0.3) is 0 Å². The van der Waals surface area contributed by atoms with Crippen molar-refractivity contribution in [3.05, 3.63) is 29.8 Å². The molecule has 1 aliphatic rings. The molecule has 1 unspecified atom stereocenters. The first-order valence-electron chi connectivity index (χ1n) is 9.43. The third kappa shape index (κ3) is 7.53. The summed E-state index contributed by atoms with van der Waals surface area (Å²) in [5.74, 6) is 0.793. The van der Waals surface area contributed by atoms with Crippen molar-refractivity contribution >= 4 is 41.8 Å². The Morgan fingerprint density at radius 2 is 1.93 bits per heavy atom. The highest BCUT2D eigenvalue weighted by molar-refractivity contribution is 14.0. The quantitative estimate of drug-likeness (QED) is 0.194. The van der Waals surface area contributed by atoms with Gasteiger partial charge in [-0.2, -0.15) is 0 Å². The predicted molar refractivity (Wildman–Crippen MR) is 120 cm³/mol. The standard InChI is InChI=1S/C19H29N5O3.HI/c1-3-17(26)24-12-9-15(13-24)23-19(20-4-2)22-11-10-21-18(27)14-5-7-16(25)8-6-14;/h5-8,15,25H,3-4,9-13H2,1-2H3,(H,21,27)(H2,20,22,23);1H. The van der Waals surface area contributed by atoms with Crippen LogP contribution in [0.1, 0.15) is 37.0 Å². The van der Waals surface area contributed by atoms with E-state index in [2.05, 4.69) is 20.9 Å². The average molecular weight is 503 g/mol. The highest BCUT2D eigenvalue weighted by Crippen LogP contribution is 2.10. The topological polar surface area (TPSA) is 106 Å². The van der Waals surface area contributed by atoms with Crippen LogP contribution in [0.2, 0.25) is 0 Å². The Morgan fingerprint density at radius 1 is 1.21 bits per heavy atom. The number of aliphatic imine (C=N–C) groups is 1. The van der Waals surface area contributed by atoms with Crippen LogP contribution in [0, 0.1) is 0 Å². The number of nitrogens with one attached hydrogen (secondary N) is 3. The number of halogens is 1. The summed E-state index contributed by atoms with van der Waals surface area (Å²) < 4.78 is 0. The Morgan fingerprint density at radius 3 is 2.57 bits per heavy atom. The maximum atomic E-state index is 12.0. The zero-order valence-corrected chi connectivity index (χ0v) is 18.7. The first-order chi connectivity index (χ1) is 13.0. The summed E-state index contributed by atoms with van der Waals surface area (Å²) in [6.07, 6.45) is 1.43. The third-order valence-electron chi connectivity index (χ3n) is 4.33. The van der Waals surface area contributed by atoms with E-state index in [1.165, 1.54) is 12.1 Å². The van der Waals surface area contributed by atoms with Crippen LogP contribution in [-0.2, 0) is 4.79 Å². The number of carbonyl (C=O) groups excluding carboxylic acids is 2. The van der Waals surface area contributed by atoms with Gasteiger partial charge in [-0.25, -0.2) is 0 Å². The molecule has 4 N–H and O–H groups in total. The van der Waals surface area contributed by atoms with E-state index < -0.39 is 0 Å². The molecule has 1 fully saturated rings. The normalized spacial score (nSPS) is 16.3. The molecule has 2 rings (SSSR count). The van der Waals surface area contributed by atoms with Gasteiger partial charge in [-0.3, -0.25) is 14.6 Å². The highest BCUT2D eigenvalue weighted by atomic mass is 127. The number of nitrogens with zero attached hydrogens (tertiary/aromatic N) is 2. The SMILES string of the molecule is CCNC(=NCCNC(=O)c1ccc(O)cc1)NC1CCN(C(=O)CC)C1.I. The lowest BCUT2D eigenvalue weighted by molar-refractivity contribution is -0.129.